The van der Waals surface area contributed by atoms with Gasteiger partial charge >= 0.3 is 0 Å². The van der Waals surface area contributed by atoms with Gasteiger partial charge in [0.05, 0.1) is 0 Å². The fourth-order valence-corrected chi connectivity index (χ4v) is 1.72. The van der Waals surface area contributed by atoms with Gasteiger partial charge in [-0.05, 0) is 32.4 Å². The Balaban J connectivity index is 2.44. The van der Waals surface area contributed by atoms with E-state index in [2.05, 4.69) is 43.4 Å². The summed E-state index contributed by atoms with van der Waals surface area (Å²) < 4.78 is 5.52. The van der Waals surface area contributed by atoms with Gasteiger partial charge in [0.1, 0.15) is 0 Å². The third-order valence-corrected chi connectivity index (χ3v) is 2.73. The quantitative estimate of drug-likeness (QED) is 0.714. The van der Waals surface area contributed by atoms with E-state index in [0.717, 1.165) is 26.1 Å². The van der Waals surface area contributed by atoms with Gasteiger partial charge in [0.25, 0.3) is 0 Å². The number of aryl methyl sites for hydroxylation is 1. The number of hydrogen-bond donors (Lipinski definition) is 1. The van der Waals surface area contributed by atoms with Gasteiger partial charge in [0, 0.05) is 19.3 Å². The molecule has 2 nitrogen and oxygen atoms in total. The molecule has 1 aromatic rings. The van der Waals surface area contributed by atoms with Crippen molar-refractivity contribution in [1.29, 1.82) is 0 Å². The van der Waals surface area contributed by atoms with Crippen molar-refractivity contribution in [2.45, 2.75) is 32.7 Å². The van der Waals surface area contributed by atoms with Crippen LogP contribution in [-0.2, 0) is 4.74 Å². The number of benzene rings is 1. The van der Waals surface area contributed by atoms with Crippen LogP contribution in [0.1, 0.15) is 36.9 Å². The van der Waals surface area contributed by atoms with Crippen molar-refractivity contribution in [3.05, 3.63) is 35.4 Å². The number of ether oxygens (including phenoxy) is 1. The fraction of sp³-hybridized carbons (Fsp3) is 0.571. The van der Waals surface area contributed by atoms with E-state index in [1.165, 1.54) is 11.1 Å². The second kappa shape index (κ2) is 7.42. The third kappa shape index (κ3) is 4.33. The van der Waals surface area contributed by atoms with Gasteiger partial charge in [0.15, 0.2) is 0 Å². The Morgan fingerprint density at radius 3 is 2.44 bits per heavy atom. The van der Waals surface area contributed by atoms with Crippen LogP contribution in [0, 0.1) is 6.92 Å². The van der Waals surface area contributed by atoms with Gasteiger partial charge in [-0.15, -0.1) is 0 Å². The number of rotatable bonds is 7. The Hall–Kier alpha value is -0.860. The summed E-state index contributed by atoms with van der Waals surface area (Å²) in [6.07, 6.45) is 2.12. The predicted octanol–water partition coefficient (Wildman–Crippen LogP) is 3.07. The van der Waals surface area contributed by atoms with Crippen molar-refractivity contribution in [1.82, 2.24) is 5.32 Å². The lowest BCUT2D eigenvalue weighted by atomic mass is 10.0. The maximum Gasteiger partial charge on any atom is 0.0484 e. The van der Waals surface area contributed by atoms with Gasteiger partial charge in [-0.25, -0.2) is 0 Å². The smallest absolute Gasteiger partial charge is 0.0484 e. The molecule has 0 amide bonds. The van der Waals surface area contributed by atoms with Crippen molar-refractivity contribution in [2.75, 3.05) is 20.3 Å². The first-order chi connectivity index (χ1) is 7.77. The maximum atomic E-state index is 5.52. The van der Waals surface area contributed by atoms with E-state index >= 15 is 0 Å². The zero-order valence-electron chi connectivity index (χ0n) is 10.6. The second-order valence-electron chi connectivity index (χ2n) is 4.15. The molecule has 0 saturated carbocycles. The monoisotopic (exact) mass is 221 g/mol. The molecule has 0 spiro atoms. The first kappa shape index (κ1) is 13.2. The molecule has 0 aliphatic carbocycles. The molecular weight excluding hydrogens is 198 g/mol. The molecular formula is C14H23NO. The molecule has 0 aromatic heterocycles. The number of nitrogens with one attached hydrogen (secondary N) is 1. The molecule has 1 atom stereocenters. The van der Waals surface area contributed by atoms with Crippen LogP contribution in [0.2, 0.25) is 0 Å². The van der Waals surface area contributed by atoms with Crippen molar-refractivity contribution >= 4 is 0 Å². The second-order valence-corrected chi connectivity index (χ2v) is 4.15. The zero-order chi connectivity index (χ0) is 11.8. The molecule has 0 fully saturated rings. The van der Waals surface area contributed by atoms with E-state index in [-0.39, 0.29) is 0 Å². The van der Waals surface area contributed by atoms with Crippen molar-refractivity contribution in [3.63, 3.8) is 0 Å². The van der Waals surface area contributed by atoms with E-state index in [0.29, 0.717) is 6.04 Å². The largest absolute Gasteiger partial charge is 0.381 e. The van der Waals surface area contributed by atoms with Gasteiger partial charge in [0.2, 0.25) is 0 Å². The highest BCUT2D eigenvalue weighted by Gasteiger charge is 2.08. The summed E-state index contributed by atoms with van der Waals surface area (Å²) in [5.41, 5.74) is 2.65. The highest BCUT2D eigenvalue weighted by Crippen LogP contribution is 2.16. The predicted molar refractivity (Wildman–Crippen MR) is 68.7 cm³/mol. The Morgan fingerprint density at radius 2 is 1.88 bits per heavy atom. The van der Waals surface area contributed by atoms with Crippen LogP contribution in [0.4, 0.5) is 0 Å². The molecule has 1 aromatic carbocycles. The molecule has 2 heteroatoms. The molecule has 0 bridgehead atoms. The van der Waals surface area contributed by atoms with E-state index < -0.39 is 0 Å². The lowest BCUT2D eigenvalue weighted by molar-refractivity contribution is 0.125. The summed E-state index contributed by atoms with van der Waals surface area (Å²) in [6, 6.07) is 9.10. The summed E-state index contributed by atoms with van der Waals surface area (Å²) in [4.78, 5) is 0. The molecule has 1 rings (SSSR count). The lowest BCUT2D eigenvalue weighted by Gasteiger charge is -2.16. The summed E-state index contributed by atoms with van der Waals surface area (Å²) in [7, 11) is 2.00. The Kier molecular flexibility index (Phi) is 6.12. The minimum atomic E-state index is 0.400. The van der Waals surface area contributed by atoms with E-state index in [4.69, 9.17) is 4.74 Å². The minimum Gasteiger partial charge on any atom is -0.381 e. The summed E-state index contributed by atoms with van der Waals surface area (Å²) in [5.74, 6) is 0. The summed E-state index contributed by atoms with van der Waals surface area (Å²) >= 11 is 0. The Morgan fingerprint density at radius 1 is 1.19 bits per heavy atom. The summed E-state index contributed by atoms with van der Waals surface area (Å²) in [6.45, 7) is 5.94. The van der Waals surface area contributed by atoms with Crippen LogP contribution in [0.25, 0.3) is 0 Å². The molecule has 1 N–H and O–H groups in total. The molecule has 0 heterocycles. The highest BCUT2D eigenvalue weighted by molar-refractivity contribution is 5.23. The van der Waals surface area contributed by atoms with E-state index in [1.54, 1.807) is 0 Å². The standard InChI is InChI=1S/C14H23NO/c1-4-10-16-11-9-14(15-3)13-7-5-12(2)6-8-13/h5-8,14-15H,4,9-11H2,1-3H3. The van der Waals surface area contributed by atoms with Gasteiger partial charge in [-0.3, -0.25) is 0 Å². The Bertz CT molecular complexity index is 281. The normalized spacial score (nSPS) is 12.7. The molecule has 90 valence electrons. The first-order valence-corrected chi connectivity index (χ1v) is 6.09. The summed E-state index contributed by atoms with van der Waals surface area (Å²) in [5, 5.41) is 3.33. The van der Waals surface area contributed by atoms with Crippen molar-refractivity contribution in [3.8, 4) is 0 Å². The molecule has 16 heavy (non-hydrogen) atoms. The van der Waals surface area contributed by atoms with Gasteiger partial charge < -0.3 is 10.1 Å². The third-order valence-electron chi connectivity index (χ3n) is 2.73. The molecule has 1 unspecified atom stereocenters. The van der Waals surface area contributed by atoms with Crippen LogP contribution < -0.4 is 5.32 Å². The van der Waals surface area contributed by atoms with Crippen LogP contribution in [-0.4, -0.2) is 20.3 Å². The average Bonchev–Trinajstić information content (AvgIpc) is 2.31. The SMILES string of the molecule is CCCOCCC(NC)c1ccc(C)cc1. The van der Waals surface area contributed by atoms with Crippen molar-refractivity contribution in [2.24, 2.45) is 0 Å². The molecule has 0 aliphatic rings. The minimum absolute atomic E-state index is 0.400. The van der Waals surface area contributed by atoms with Crippen LogP contribution in [0.5, 0.6) is 0 Å². The van der Waals surface area contributed by atoms with Crippen LogP contribution in [0.3, 0.4) is 0 Å². The highest BCUT2D eigenvalue weighted by atomic mass is 16.5. The Labute approximate surface area is 99.0 Å². The van der Waals surface area contributed by atoms with E-state index in [9.17, 15) is 0 Å². The molecule has 0 radical (unpaired) electrons. The van der Waals surface area contributed by atoms with Crippen LogP contribution >= 0.6 is 0 Å². The molecule has 0 saturated heterocycles. The topological polar surface area (TPSA) is 21.3 Å². The van der Waals surface area contributed by atoms with Gasteiger partial charge in [-0.2, -0.15) is 0 Å². The number of hydrogen-bond acceptors (Lipinski definition) is 2. The maximum absolute atomic E-state index is 5.52. The zero-order valence-corrected chi connectivity index (χ0v) is 10.6. The first-order valence-electron chi connectivity index (χ1n) is 6.09. The fourth-order valence-electron chi connectivity index (χ4n) is 1.72. The average molecular weight is 221 g/mol. The van der Waals surface area contributed by atoms with Crippen molar-refractivity contribution < 1.29 is 4.74 Å². The van der Waals surface area contributed by atoms with Gasteiger partial charge in [-0.1, -0.05) is 36.8 Å². The van der Waals surface area contributed by atoms with E-state index in [1.807, 2.05) is 7.05 Å². The molecule has 0 aliphatic heterocycles. The van der Waals surface area contributed by atoms with Crippen LogP contribution in [0.15, 0.2) is 24.3 Å². The lowest BCUT2D eigenvalue weighted by Crippen LogP contribution is -2.18.